The van der Waals surface area contributed by atoms with E-state index in [9.17, 15) is 9.59 Å². The molecule has 0 fully saturated rings. The Hall–Kier alpha value is -2.41. The number of ether oxygens (including phenoxy) is 1. The number of carboxylic acid groups (broad SMARTS) is 1. The van der Waals surface area contributed by atoms with Crippen molar-refractivity contribution in [1.29, 1.82) is 0 Å². The first-order valence-corrected chi connectivity index (χ1v) is 8.28. The quantitative estimate of drug-likeness (QED) is 0.900. The second kappa shape index (κ2) is 7.00. The number of nitrogens with zero attached hydrogens (tertiary/aromatic N) is 2. The average Bonchev–Trinajstić information content (AvgIpc) is 2.88. The number of hydrogen-bond donors (Lipinski definition) is 1. The van der Waals surface area contributed by atoms with Gasteiger partial charge in [0.15, 0.2) is 0 Å². The fourth-order valence-corrected chi connectivity index (χ4v) is 2.76. The molecule has 0 aliphatic rings. The zero-order valence-corrected chi connectivity index (χ0v) is 14.9. The maximum Gasteiger partial charge on any atom is 0.415 e. The molecule has 0 aliphatic carbocycles. The molecule has 0 atom stereocenters. The van der Waals surface area contributed by atoms with Crippen molar-refractivity contribution < 1.29 is 19.4 Å². The van der Waals surface area contributed by atoms with E-state index in [1.54, 1.807) is 32.9 Å². The molecule has 128 valence electrons. The standard InChI is InChI=1S/C17H20N2O4S/c1-11-10-24-14(18-11)9-19(16(22)23-17(2,3)4)13-7-5-6-12(8-13)15(20)21/h5-8,10H,9H2,1-4H3,(H,20,21). The molecule has 1 N–H and O–H groups in total. The molecule has 6 nitrogen and oxygen atoms in total. The molecule has 7 heteroatoms. The lowest BCUT2D eigenvalue weighted by Crippen LogP contribution is -2.36. The Morgan fingerprint density at radius 1 is 1.33 bits per heavy atom. The molecule has 0 saturated heterocycles. The lowest BCUT2D eigenvalue weighted by Gasteiger charge is -2.27. The predicted octanol–water partition coefficient (Wildman–Crippen LogP) is 4.09. The van der Waals surface area contributed by atoms with E-state index in [1.165, 1.54) is 28.4 Å². The average molecular weight is 348 g/mol. The van der Waals surface area contributed by atoms with Crippen LogP contribution in [0.2, 0.25) is 0 Å². The van der Waals surface area contributed by atoms with Crippen LogP contribution in [0.3, 0.4) is 0 Å². The number of carbonyl (C=O) groups excluding carboxylic acids is 1. The third-order valence-corrected chi connectivity index (χ3v) is 3.93. The van der Waals surface area contributed by atoms with Crippen molar-refractivity contribution in [1.82, 2.24) is 4.98 Å². The fraction of sp³-hybridized carbons (Fsp3) is 0.353. The van der Waals surface area contributed by atoms with Crippen LogP contribution in [0, 0.1) is 6.92 Å². The van der Waals surface area contributed by atoms with Crippen molar-refractivity contribution >= 4 is 29.1 Å². The minimum Gasteiger partial charge on any atom is -0.478 e. The minimum absolute atomic E-state index is 0.108. The molecule has 0 bridgehead atoms. The Morgan fingerprint density at radius 2 is 2.04 bits per heavy atom. The van der Waals surface area contributed by atoms with Crippen LogP contribution in [-0.4, -0.2) is 27.8 Å². The Labute approximate surface area is 144 Å². The number of anilines is 1. The summed E-state index contributed by atoms with van der Waals surface area (Å²) in [5.41, 5.74) is 0.783. The summed E-state index contributed by atoms with van der Waals surface area (Å²) in [6.07, 6.45) is -0.544. The number of rotatable bonds is 4. The maximum absolute atomic E-state index is 12.6. The SMILES string of the molecule is Cc1csc(CN(C(=O)OC(C)(C)C)c2cccc(C(=O)O)c2)n1. The topological polar surface area (TPSA) is 79.7 Å². The molecule has 24 heavy (non-hydrogen) atoms. The summed E-state index contributed by atoms with van der Waals surface area (Å²) in [6, 6.07) is 6.21. The number of amides is 1. The van der Waals surface area contributed by atoms with Crippen molar-refractivity contribution in [3.05, 3.63) is 45.9 Å². The van der Waals surface area contributed by atoms with Crippen LogP contribution < -0.4 is 4.90 Å². The molecule has 1 aromatic heterocycles. The molecule has 1 aromatic carbocycles. The van der Waals surface area contributed by atoms with E-state index in [-0.39, 0.29) is 12.1 Å². The summed E-state index contributed by atoms with van der Waals surface area (Å²) in [6.45, 7) is 7.44. The number of carbonyl (C=O) groups is 2. The van der Waals surface area contributed by atoms with Gasteiger partial charge in [0.2, 0.25) is 0 Å². The molecule has 0 aliphatic heterocycles. The maximum atomic E-state index is 12.6. The molecule has 1 heterocycles. The molecular weight excluding hydrogens is 328 g/mol. The summed E-state index contributed by atoms with van der Waals surface area (Å²) in [5.74, 6) is -1.05. The van der Waals surface area contributed by atoms with Crippen LogP contribution in [0.25, 0.3) is 0 Å². The lowest BCUT2D eigenvalue weighted by atomic mass is 10.2. The van der Waals surface area contributed by atoms with Crippen LogP contribution in [0.1, 0.15) is 41.8 Å². The zero-order valence-electron chi connectivity index (χ0n) is 14.1. The predicted molar refractivity (Wildman–Crippen MR) is 92.7 cm³/mol. The number of benzene rings is 1. The highest BCUT2D eigenvalue weighted by atomic mass is 32.1. The van der Waals surface area contributed by atoms with E-state index in [2.05, 4.69) is 4.98 Å². The van der Waals surface area contributed by atoms with Crippen molar-refractivity contribution in [3.63, 3.8) is 0 Å². The monoisotopic (exact) mass is 348 g/mol. The summed E-state index contributed by atoms with van der Waals surface area (Å²) in [5, 5.41) is 11.8. The Bertz CT molecular complexity index is 749. The van der Waals surface area contributed by atoms with Crippen LogP contribution in [-0.2, 0) is 11.3 Å². The zero-order chi connectivity index (χ0) is 17.9. The van der Waals surface area contributed by atoms with Crippen molar-refractivity contribution in [3.8, 4) is 0 Å². The highest BCUT2D eigenvalue weighted by molar-refractivity contribution is 7.09. The molecular formula is C17H20N2O4S. The largest absolute Gasteiger partial charge is 0.478 e. The van der Waals surface area contributed by atoms with Gasteiger partial charge in [-0.2, -0.15) is 0 Å². The molecule has 0 radical (unpaired) electrons. The fourth-order valence-electron chi connectivity index (χ4n) is 2.00. The molecule has 0 saturated carbocycles. The lowest BCUT2D eigenvalue weighted by molar-refractivity contribution is 0.0575. The van der Waals surface area contributed by atoms with Crippen LogP contribution in [0.4, 0.5) is 10.5 Å². The molecule has 1 amide bonds. The number of carboxylic acids is 1. The molecule has 0 unspecified atom stereocenters. The van der Waals surface area contributed by atoms with Gasteiger partial charge < -0.3 is 9.84 Å². The molecule has 2 rings (SSSR count). The van der Waals surface area contributed by atoms with Gasteiger partial charge in [0, 0.05) is 16.8 Å². The van der Waals surface area contributed by atoms with Crippen LogP contribution >= 0.6 is 11.3 Å². The smallest absolute Gasteiger partial charge is 0.415 e. The summed E-state index contributed by atoms with van der Waals surface area (Å²) < 4.78 is 5.45. The van der Waals surface area contributed by atoms with Gasteiger partial charge in [-0.05, 0) is 45.9 Å². The van der Waals surface area contributed by atoms with Gasteiger partial charge in [-0.25, -0.2) is 14.6 Å². The van der Waals surface area contributed by atoms with Gasteiger partial charge in [-0.15, -0.1) is 11.3 Å². The normalized spacial score (nSPS) is 11.2. The Kier molecular flexibility index (Phi) is 5.23. The highest BCUT2D eigenvalue weighted by Gasteiger charge is 2.25. The van der Waals surface area contributed by atoms with Gasteiger partial charge in [-0.1, -0.05) is 6.07 Å². The molecule has 2 aromatic rings. The van der Waals surface area contributed by atoms with Crippen molar-refractivity contribution in [2.45, 2.75) is 39.8 Å². The van der Waals surface area contributed by atoms with Crippen molar-refractivity contribution in [2.75, 3.05) is 4.90 Å². The summed E-state index contributed by atoms with van der Waals surface area (Å²) in [7, 11) is 0. The highest BCUT2D eigenvalue weighted by Crippen LogP contribution is 2.23. The van der Waals surface area contributed by atoms with Crippen molar-refractivity contribution in [2.24, 2.45) is 0 Å². The first-order chi connectivity index (χ1) is 11.2. The number of aromatic nitrogens is 1. The number of aryl methyl sites for hydroxylation is 1. The second-order valence-electron chi connectivity index (χ2n) is 6.30. The van der Waals surface area contributed by atoms with E-state index in [1.807, 2.05) is 12.3 Å². The van der Waals surface area contributed by atoms with Crippen LogP contribution in [0.15, 0.2) is 29.6 Å². The third-order valence-electron chi connectivity index (χ3n) is 2.98. The van der Waals surface area contributed by atoms with Crippen LogP contribution in [0.5, 0.6) is 0 Å². The second-order valence-corrected chi connectivity index (χ2v) is 7.25. The number of thiazole rings is 1. The van der Waals surface area contributed by atoms with Gasteiger partial charge in [-0.3, -0.25) is 4.90 Å². The van der Waals surface area contributed by atoms with E-state index in [0.29, 0.717) is 5.69 Å². The third kappa shape index (κ3) is 4.79. The Morgan fingerprint density at radius 3 is 2.58 bits per heavy atom. The van der Waals surface area contributed by atoms with E-state index in [0.717, 1.165) is 10.7 Å². The van der Waals surface area contributed by atoms with Gasteiger partial charge in [0.05, 0.1) is 12.1 Å². The van der Waals surface area contributed by atoms with Gasteiger partial charge in [0.25, 0.3) is 0 Å². The number of hydrogen-bond acceptors (Lipinski definition) is 5. The van der Waals surface area contributed by atoms with E-state index in [4.69, 9.17) is 9.84 Å². The van der Waals surface area contributed by atoms with Gasteiger partial charge in [0.1, 0.15) is 10.6 Å². The van der Waals surface area contributed by atoms with E-state index < -0.39 is 17.7 Å². The first-order valence-electron chi connectivity index (χ1n) is 7.40. The van der Waals surface area contributed by atoms with Gasteiger partial charge >= 0.3 is 12.1 Å². The summed E-state index contributed by atoms with van der Waals surface area (Å²) >= 11 is 1.44. The Balaban J connectivity index is 2.36. The minimum atomic E-state index is -1.05. The summed E-state index contributed by atoms with van der Waals surface area (Å²) in [4.78, 5) is 29.5. The van der Waals surface area contributed by atoms with E-state index >= 15 is 0 Å². The molecule has 0 spiro atoms. The first kappa shape index (κ1) is 17.9. The number of aromatic carboxylic acids is 1.